The van der Waals surface area contributed by atoms with Crippen LogP contribution in [0.4, 0.5) is 26.3 Å². The third-order valence-electron chi connectivity index (χ3n) is 2.07. The lowest BCUT2D eigenvalue weighted by Gasteiger charge is -2.31. The molecule has 0 aromatic carbocycles. The number of methoxy groups -OCH3 is 1. The van der Waals surface area contributed by atoms with E-state index >= 15 is 0 Å². The summed E-state index contributed by atoms with van der Waals surface area (Å²) in [4.78, 5) is 10.6. The van der Waals surface area contributed by atoms with Gasteiger partial charge in [0.2, 0.25) is 0 Å². The number of carbonyl (C=O) groups is 1. The summed E-state index contributed by atoms with van der Waals surface area (Å²) in [5, 5.41) is -4.12. The van der Waals surface area contributed by atoms with Crippen molar-refractivity contribution in [1.29, 1.82) is 0 Å². The minimum Gasteiger partial charge on any atom is -0.464 e. The van der Waals surface area contributed by atoms with Crippen molar-refractivity contribution in [3.8, 4) is 0 Å². The Morgan fingerprint density at radius 2 is 1.55 bits per heavy atom. The van der Waals surface area contributed by atoms with Gasteiger partial charge in [0, 0.05) is 0 Å². The summed E-state index contributed by atoms with van der Waals surface area (Å²) in [6, 6.07) is -5.23. The zero-order chi connectivity index (χ0) is 16.2. The summed E-state index contributed by atoms with van der Waals surface area (Å²) in [5.74, 6) is -14.7. The van der Waals surface area contributed by atoms with Crippen molar-refractivity contribution in [2.24, 2.45) is 0 Å². The first kappa shape index (κ1) is 17.9. The van der Waals surface area contributed by atoms with Crippen molar-refractivity contribution >= 4 is 40.8 Å². The number of carbonyl (C=O) groups excluding carboxylic acids is 1. The lowest BCUT2D eigenvalue weighted by atomic mass is 10.1. The van der Waals surface area contributed by atoms with Crippen LogP contribution in [-0.4, -0.2) is 40.8 Å². The quantitative estimate of drug-likeness (QED) is 0.434. The summed E-state index contributed by atoms with van der Waals surface area (Å²) in [6.45, 7) is 0. The van der Waals surface area contributed by atoms with Gasteiger partial charge in [-0.05, 0) is 11.6 Å². The van der Waals surface area contributed by atoms with E-state index in [9.17, 15) is 31.1 Å². The van der Waals surface area contributed by atoms with Gasteiger partial charge in [0.25, 0.3) is 4.52 Å². The van der Waals surface area contributed by atoms with Crippen LogP contribution in [0.1, 0.15) is 0 Å². The first-order valence-corrected chi connectivity index (χ1v) is 5.47. The third kappa shape index (κ3) is 2.31. The van der Waals surface area contributed by atoms with Crippen LogP contribution in [0, 0.1) is 0 Å². The minimum absolute atomic E-state index is 0.321. The van der Waals surface area contributed by atoms with Crippen LogP contribution in [-0.2, 0) is 19.0 Å². The molecule has 0 radical (unpaired) electrons. The van der Waals surface area contributed by atoms with Crippen molar-refractivity contribution in [3.05, 3.63) is 0 Å². The van der Waals surface area contributed by atoms with E-state index in [1.54, 1.807) is 0 Å². The van der Waals surface area contributed by atoms with Crippen LogP contribution in [0.5, 0.6) is 0 Å². The molecule has 0 amide bonds. The van der Waals surface area contributed by atoms with Crippen molar-refractivity contribution in [2.75, 3.05) is 7.11 Å². The molecule has 1 aliphatic rings. The second-order valence-electron chi connectivity index (χ2n) is 3.41. The summed E-state index contributed by atoms with van der Waals surface area (Å²) in [5.41, 5.74) is 0. The standard InChI is InChI=1S/C7H3Cl3F6O4/c1-18-2(17)3(11,12)4(13,14)7(16)19-5(8,9)6(10,15)20-7/h1H3. The summed E-state index contributed by atoms with van der Waals surface area (Å²) in [6.07, 6.45) is 0. The summed E-state index contributed by atoms with van der Waals surface area (Å²) in [7, 11) is 0.321. The summed E-state index contributed by atoms with van der Waals surface area (Å²) >= 11 is 14.5. The van der Waals surface area contributed by atoms with Crippen molar-refractivity contribution < 1.29 is 45.3 Å². The molecule has 13 heteroatoms. The van der Waals surface area contributed by atoms with Gasteiger partial charge in [0.1, 0.15) is 0 Å². The third-order valence-corrected chi connectivity index (χ3v) is 3.25. The largest absolute Gasteiger partial charge is 0.464 e. The number of hydrogen-bond donors (Lipinski definition) is 0. The second kappa shape index (κ2) is 4.67. The van der Waals surface area contributed by atoms with Crippen LogP contribution < -0.4 is 0 Å². The van der Waals surface area contributed by atoms with E-state index < -0.39 is 33.7 Å². The molecule has 0 bridgehead atoms. The predicted octanol–water partition coefficient (Wildman–Crippen LogP) is 3.09. The van der Waals surface area contributed by atoms with Gasteiger partial charge in [0.05, 0.1) is 7.11 Å². The Balaban J connectivity index is 3.26. The molecule has 0 aliphatic carbocycles. The highest BCUT2D eigenvalue weighted by molar-refractivity contribution is 6.51. The number of esters is 1. The molecular formula is C7H3Cl3F6O4. The van der Waals surface area contributed by atoms with E-state index in [-0.39, 0.29) is 0 Å². The molecule has 118 valence electrons. The number of hydrogen-bond acceptors (Lipinski definition) is 4. The van der Waals surface area contributed by atoms with Crippen molar-refractivity contribution in [1.82, 2.24) is 0 Å². The molecule has 2 atom stereocenters. The Kier molecular flexibility index (Phi) is 4.18. The van der Waals surface area contributed by atoms with Crippen LogP contribution >= 0.6 is 34.8 Å². The molecule has 2 unspecified atom stereocenters. The van der Waals surface area contributed by atoms with Gasteiger partial charge in [-0.25, -0.2) is 4.79 Å². The van der Waals surface area contributed by atoms with E-state index in [0.717, 1.165) is 0 Å². The maximum atomic E-state index is 13.7. The number of alkyl halides is 9. The van der Waals surface area contributed by atoms with E-state index in [0.29, 0.717) is 7.11 Å². The lowest BCUT2D eigenvalue weighted by Crippen LogP contribution is -2.61. The predicted molar refractivity (Wildman–Crippen MR) is 52.0 cm³/mol. The molecule has 20 heavy (non-hydrogen) atoms. The van der Waals surface area contributed by atoms with Crippen LogP contribution in [0.15, 0.2) is 0 Å². The maximum absolute atomic E-state index is 13.7. The number of rotatable bonds is 3. The first-order chi connectivity index (χ1) is 8.65. The molecule has 1 fully saturated rings. The molecule has 0 saturated carbocycles. The average Bonchev–Trinajstić information content (AvgIpc) is 2.42. The van der Waals surface area contributed by atoms with Crippen molar-refractivity contribution in [3.63, 3.8) is 0 Å². The van der Waals surface area contributed by atoms with Gasteiger partial charge >= 0.3 is 29.2 Å². The van der Waals surface area contributed by atoms with Crippen LogP contribution in [0.2, 0.25) is 0 Å². The maximum Gasteiger partial charge on any atom is 0.413 e. The smallest absolute Gasteiger partial charge is 0.413 e. The van der Waals surface area contributed by atoms with Crippen molar-refractivity contribution in [2.45, 2.75) is 27.7 Å². The van der Waals surface area contributed by atoms with Gasteiger partial charge in [-0.3, -0.25) is 9.47 Å². The average molecular weight is 371 g/mol. The normalized spacial score (nSPS) is 34.1. The fourth-order valence-electron chi connectivity index (χ4n) is 1.04. The fraction of sp³-hybridized carbons (Fsp3) is 0.857. The van der Waals surface area contributed by atoms with Crippen LogP contribution in [0.25, 0.3) is 0 Å². The fourth-order valence-corrected chi connectivity index (χ4v) is 1.45. The zero-order valence-electron chi connectivity index (χ0n) is 9.03. The van der Waals surface area contributed by atoms with Gasteiger partial charge < -0.3 is 4.74 Å². The SMILES string of the molecule is COC(=O)C(F)(F)C(F)(F)C1(F)OC(F)(Cl)C(Cl)(Cl)O1. The van der Waals surface area contributed by atoms with E-state index in [1.807, 2.05) is 0 Å². The molecule has 0 aromatic rings. The van der Waals surface area contributed by atoms with E-state index in [2.05, 4.69) is 14.2 Å². The molecule has 0 aromatic heterocycles. The molecule has 1 heterocycles. The highest BCUT2D eigenvalue weighted by atomic mass is 35.5. The highest BCUT2D eigenvalue weighted by Crippen LogP contribution is 2.60. The highest BCUT2D eigenvalue weighted by Gasteiger charge is 2.84. The molecule has 1 saturated heterocycles. The monoisotopic (exact) mass is 370 g/mol. The number of halogens is 9. The molecule has 0 spiro atoms. The number of ether oxygens (including phenoxy) is 3. The lowest BCUT2D eigenvalue weighted by molar-refractivity contribution is -0.414. The second-order valence-corrected chi connectivity index (χ2v) is 5.16. The minimum atomic E-state index is -6.06. The van der Waals surface area contributed by atoms with Gasteiger partial charge in [-0.2, -0.15) is 26.3 Å². The Morgan fingerprint density at radius 1 is 1.10 bits per heavy atom. The van der Waals surface area contributed by atoms with Crippen LogP contribution in [0.3, 0.4) is 0 Å². The molecule has 1 rings (SSSR count). The first-order valence-electron chi connectivity index (χ1n) is 4.33. The van der Waals surface area contributed by atoms with Gasteiger partial charge in [-0.15, -0.1) is 0 Å². The molecule has 4 nitrogen and oxygen atoms in total. The topological polar surface area (TPSA) is 44.8 Å². The molecule has 0 N–H and O–H groups in total. The zero-order valence-corrected chi connectivity index (χ0v) is 11.3. The Bertz CT molecular complexity index is 413. The van der Waals surface area contributed by atoms with E-state index in [4.69, 9.17) is 34.8 Å². The summed E-state index contributed by atoms with van der Waals surface area (Å²) < 4.78 is 86.4. The Labute approximate surface area is 121 Å². The Hall–Kier alpha value is -0.160. The molecule has 1 aliphatic heterocycles. The van der Waals surface area contributed by atoms with Gasteiger partial charge in [-0.1, -0.05) is 23.2 Å². The van der Waals surface area contributed by atoms with E-state index in [1.165, 1.54) is 0 Å². The Morgan fingerprint density at radius 3 is 1.85 bits per heavy atom. The molecular weight excluding hydrogens is 368 g/mol. The van der Waals surface area contributed by atoms with Gasteiger partial charge in [0.15, 0.2) is 0 Å².